The van der Waals surface area contributed by atoms with Gasteiger partial charge in [0, 0.05) is 10.6 Å². The number of hydrogen-bond donors (Lipinski definition) is 0. The Hall–Kier alpha value is -2.14. The van der Waals surface area contributed by atoms with E-state index >= 15 is 0 Å². The van der Waals surface area contributed by atoms with Crippen LogP contribution in [0.2, 0.25) is 0 Å². The average molecular weight is 346 g/mol. The second kappa shape index (κ2) is 9.23. The van der Waals surface area contributed by atoms with Gasteiger partial charge >= 0.3 is 5.97 Å². The van der Waals surface area contributed by atoms with Crippen molar-refractivity contribution in [2.45, 2.75) is 17.7 Å². The van der Waals surface area contributed by atoms with Gasteiger partial charge in [-0.1, -0.05) is 18.2 Å². The molecular weight excluding hydrogens is 324 g/mol. The predicted octanol–water partition coefficient (Wildman–Crippen LogP) is 4.14. The molecule has 2 aromatic carbocycles. The van der Waals surface area contributed by atoms with Crippen molar-refractivity contribution < 1.29 is 19.0 Å². The number of benzene rings is 2. The molecule has 0 aliphatic heterocycles. The monoisotopic (exact) mass is 346 g/mol. The third kappa shape index (κ3) is 4.93. The minimum Gasteiger partial charge on any atom is -0.497 e. The van der Waals surface area contributed by atoms with E-state index in [1.807, 2.05) is 55.5 Å². The number of carbonyl (C=O) groups excluding carboxylic acids is 1. The molecule has 24 heavy (non-hydrogen) atoms. The van der Waals surface area contributed by atoms with Crippen LogP contribution in [-0.2, 0) is 9.53 Å². The smallest absolute Gasteiger partial charge is 0.314 e. The molecule has 0 radical (unpaired) electrons. The molecule has 0 heterocycles. The molecule has 1 unspecified atom stereocenters. The molecule has 128 valence electrons. The van der Waals surface area contributed by atoms with Gasteiger partial charge in [0.05, 0.1) is 26.7 Å². The summed E-state index contributed by atoms with van der Waals surface area (Å²) in [6.07, 6.45) is 0. The number of esters is 1. The fourth-order valence-corrected chi connectivity index (χ4v) is 3.31. The molecule has 0 N–H and O–H groups in total. The summed E-state index contributed by atoms with van der Waals surface area (Å²) in [6, 6.07) is 15.3. The lowest BCUT2D eigenvalue weighted by molar-refractivity contribution is -0.144. The number of methoxy groups -OCH3 is 2. The van der Waals surface area contributed by atoms with Crippen molar-refractivity contribution in [2.24, 2.45) is 0 Å². The van der Waals surface area contributed by atoms with Gasteiger partial charge in [0.2, 0.25) is 0 Å². The molecule has 0 aliphatic rings. The maximum absolute atomic E-state index is 12.4. The molecule has 0 fully saturated rings. The average Bonchev–Trinajstić information content (AvgIpc) is 2.63. The first-order valence-corrected chi connectivity index (χ1v) is 8.74. The Balaban J connectivity index is 2.14. The second-order valence-electron chi connectivity index (χ2n) is 5.07. The maximum atomic E-state index is 12.4. The van der Waals surface area contributed by atoms with E-state index in [0.29, 0.717) is 12.4 Å². The lowest BCUT2D eigenvalue weighted by Gasteiger charge is -2.16. The van der Waals surface area contributed by atoms with Crippen molar-refractivity contribution in [2.75, 3.05) is 26.6 Å². The number of carbonyl (C=O) groups is 1. The molecule has 4 nitrogen and oxygen atoms in total. The van der Waals surface area contributed by atoms with Gasteiger partial charge < -0.3 is 14.2 Å². The SMILES string of the molecule is CCOC(=O)C(CSc1cccc(OC)c1)c1ccc(OC)cc1. The van der Waals surface area contributed by atoms with Crippen LogP contribution in [0.3, 0.4) is 0 Å². The number of rotatable bonds is 8. The van der Waals surface area contributed by atoms with Crippen LogP contribution in [0.5, 0.6) is 11.5 Å². The summed E-state index contributed by atoms with van der Waals surface area (Å²) in [6.45, 7) is 2.19. The molecule has 0 amide bonds. The van der Waals surface area contributed by atoms with E-state index in [-0.39, 0.29) is 11.9 Å². The van der Waals surface area contributed by atoms with Gasteiger partial charge in [0.1, 0.15) is 11.5 Å². The molecule has 1 atom stereocenters. The molecule has 0 aromatic heterocycles. The summed E-state index contributed by atoms with van der Waals surface area (Å²) in [5.41, 5.74) is 0.921. The normalized spacial score (nSPS) is 11.6. The molecule has 0 saturated carbocycles. The van der Waals surface area contributed by atoms with E-state index < -0.39 is 0 Å². The number of thioether (sulfide) groups is 1. The second-order valence-corrected chi connectivity index (χ2v) is 6.16. The number of ether oxygens (including phenoxy) is 3. The van der Waals surface area contributed by atoms with Crippen LogP contribution in [0.4, 0.5) is 0 Å². The predicted molar refractivity (Wildman–Crippen MR) is 96.1 cm³/mol. The zero-order valence-electron chi connectivity index (χ0n) is 14.2. The lowest BCUT2D eigenvalue weighted by atomic mass is 10.0. The van der Waals surface area contributed by atoms with Crippen LogP contribution >= 0.6 is 11.8 Å². The standard InChI is InChI=1S/C19H22O4S/c1-4-23-19(20)18(14-8-10-15(21-2)11-9-14)13-24-17-7-5-6-16(12-17)22-3/h5-12,18H,4,13H2,1-3H3. The van der Waals surface area contributed by atoms with Crippen LogP contribution in [0.15, 0.2) is 53.4 Å². The summed E-state index contributed by atoms with van der Waals surface area (Å²) in [4.78, 5) is 13.4. The molecule has 5 heteroatoms. The van der Waals surface area contributed by atoms with E-state index in [1.54, 1.807) is 26.0 Å². The van der Waals surface area contributed by atoms with Gasteiger partial charge in [-0.2, -0.15) is 0 Å². The minimum atomic E-state index is -0.327. The Morgan fingerprint density at radius 1 is 1.04 bits per heavy atom. The van der Waals surface area contributed by atoms with Gasteiger partial charge in [0.25, 0.3) is 0 Å². The quantitative estimate of drug-likeness (QED) is 0.531. The van der Waals surface area contributed by atoms with Crippen molar-refractivity contribution in [3.63, 3.8) is 0 Å². The molecule has 0 bridgehead atoms. The van der Waals surface area contributed by atoms with Crippen molar-refractivity contribution >= 4 is 17.7 Å². The van der Waals surface area contributed by atoms with Gasteiger partial charge in [-0.25, -0.2) is 0 Å². The van der Waals surface area contributed by atoms with Crippen molar-refractivity contribution in [3.05, 3.63) is 54.1 Å². The maximum Gasteiger partial charge on any atom is 0.314 e. The van der Waals surface area contributed by atoms with E-state index in [9.17, 15) is 4.79 Å². The highest BCUT2D eigenvalue weighted by molar-refractivity contribution is 7.99. The van der Waals surface area contributed by atoms with Gasteiger partial charge in [-0.05, 0) is 42.8 Å². The fourth-order valence-electron chi connectivity index (χ4n) is 2.25. The van der Waals surface area contributed by atoms with Gasteiger partial charge in [-0.15, -0.1) is 11.8 Å². The molecule has 0 saturated heterocycles. The van der Waals surface area contributed by atoms with Crippen molar-refractivity contribution in [1.29, 1.82) is 0 Å². The summed E-state index contributed by atoms with van der Waals surface area (Å²) < 4.78 is 15.7. The van der Waals surface area contributed by atoms with Crippen LogP contribution in [-0.4, -0.2) is 32.5 Å². The van der Waals surface area contributed by atoms with Gasteiger partial charge in [0.15, 0.2) is 0 Å². The highest BCUT2D eigenvalue weighted by Crippen LogP contribution is 2.30. The first kappa shape index (κ1) is 18.2. The highest BCUT2D eigenvalue weighted by atomic mass is 32.2. The first-order valence-electron chi connectivity index (χ1n) is 7.75. The molecule has 0 aliphatic carbocycles. The molecule has 0 spiro atoms. The number of hydrogen-bond acceptors (Lipinski definition) is 5. The van der Waals surface area contributed by atoms with Crippen molar-refractivity contribution in [1.82, 2.24) is 0 Å². The lowest BCUT2D eigenvalue weighted by Crippen LogP contribution is -2.18. The topological polar surface area (TPSA) is 44.8 Å². The zero-order chi connectivity index (χ0) is 17.4. The van der Waals surface area contributed by atoms with E-state index in [0.717, 1.165) is 22.0 Å². The molecular formula is C19H22O4S. The highest BCUT2D eigenvalue weighted by Gasteiger charge is 2.22. The Morgan fingerprint density at radius 2 is 1.75 bits per heavy atom. The summed E-state index contributed by atoms with van der Waals surface area (Å²) in [5, 5.41) is 0. The van der Waals surface area contributed by atoms with Crippen molar-refractivity contribution in [3.8, 4) is 11.5 Å². The zero-order valence-corrected chi connectivity index (χ0v) is 15.0. The molecule has 2 rings (SSSR count). The van der Waals surface area contributed by atoms with Gasteiger partial charge in [-0.3, -0.25) is 4.79 Å². The van der Waals surface area contributed by atoms with Crippen LogP contribution < -0.4 is 9.47 Å². The Morgan fingerprint density at radius 3 is 2.38 bits per heavy atom. The first-order chi connectivity index (χ1) is 11.7. The third-order valence-electron chi connectivity index (χ3n) is 3.55. The summed E-state index contributed by atoms with van der Waals surface area (Å²) >= 11 is 1.60. The third-order valence-corrected chi connectivity index (χ3v) is 4.63. The Kier molecular flexibility index (Phi) is 7.00. The minimum absolute atomic E-state index is 0.210. The van der Waals surface area contributed by atoms with Crippen LogP contribution in [0, 0.1) is 0 Å². The Bertz CT molecular complexity index is 655. The fraction of sp³-hybridized carbons (Fsp3) is 0.316. The van der Waals surface area contributed by atoms with E-state index in [1.165, 1.54) is 0 Å². The van der Waals surface area contributed by atoms with E-state index in [4.69, 9.17) is 14.2 Å². The largest absolute Gasteiger partial charge is 0.497 e. The van der Waals surface area contributed by atoms with E-state index in [2.05, 4.69) is 0 Å². The molecule has 2 aromatic rings. The Labute approximate surface area is 147 Å². The summed E-state index contributed by atoms with van der Waals surface area (Å²) in [5.74, 6) is 1.63. The van der Waals surface area contributed by atoms with Crippen LogP contribution in [0.25, 0.3) is 0 Å². The van der Waals surface area contributed by atoms with Crippen LogP contribution in [0.1, 0.15) is 18.4 Å². The summed E-state index contributed by atoms with van der Waals surface area (Å²) in [7, 11) is 3.26.